The fourth-order valence-electron chi connectivity index (χ4n) is 6.27. The minimum atomic E-state index is -0.238. The standard InChI is InChI=1S/C36H34FN3O2/c1-2-3-17-40-31(20-38-36(40)26-12-14-30(37)15-13-26)23-39(21-25-11-16-33-34(18-25)42-24-41-33)22-29-9-6-8-28-19-27-7-4-5-10-32(27)35(28)29/h4-16,18,20H,2-3,17,19,21-24H2,1H3. The van der Waals surface area contributed by atoms with E-state index in [0.717, 1.165) is 74.0 Å². The van der Waals surface area contributed by atoms with Gasteiger partial charge in [0.1, 0.15) is 11.6 Å². The average Bonchev–Trinajstić information content (AvgIpc) is 3.73. The number of halogens is 1. The Hall–Kier alpha value is -4.42. The zero-order valence-corrected chi connectivity index (χ0v) is 23.9. The minimum Gasteiger partial charge on any atom is -0.454 e. The van der Waals surface area contributed by atoms with Crippen molar-refractivity contribution in [2.75, 3.05) is 6.79 Å². The number of ether oxygens (including phenoxy) is 2. The van der Waals surface area contributed by atoms with Gasteiger partial charge in [-0.3, -0.25) is 4.90 Å². The van der Waals surface area contributed by atoms with Crippen LogP contribution in [0.15, 0.2) is 91.1 Å². The van der Waals surface area contributed by atoms with Gasteiger partial charge in [-0.1, -0.05) is 61.9 Å². The van der Waals surface area contributed by atoms with Crippen LogP contribution in [0.25, 0.3) is 22.5 Å². The molecule has 0 unspecified atom stereocenters. The molecule has 5 nitrogen and oxygen atoms in total. The van der Waals surface area contributed by atoms with Gasteiger partial charge in [-0.2, -0.15) is 0 Å². The Balaban J connectivity index is 1.25. The maximum atomic E-state index is 13.7. The molecule has 2 aliphatic rings. The van der Waals surface area contributed by atoms with Crippen molar-refractivity contribution in [3.8, 4) is 34.0 Å². The van der Waals surface area contributed by atoms with E-state index in [9.17, 15) is 4.39 Å². The van der Waals surface area contributed by atoms with Gasteiger partial charge in [0, 0.05) is 31.7 Å². The van der Waals surface area contributed by atoms with Crippen molar-refractivity contribution in [2.45, 2.75) is 52.4 Å². The van der Waals surface area contributed by atoms with E-state index in [1.807, 2.05) is 24.4 Å². The van der Waals surface area contributed by atoms with Crippen LogP contribution in [-0.2, 0) is 32.6 Å². The lowest BCUT2D eigenvalue weighted by molar-refractivity contribution is 0.174. The zero-order valence-electron chi connectivity index (χ0n) is 23.9. The maximum Gasteiger partial charge on any atom is 0.231 e. The smallest absolute Gasteiger partial charge is 0.231 e. The summed E-state index contributed by atoms with van der Waals surface area (Å²) < 4.78 is 27.3. The molecule has 4 aromatic carbocycles. The summed E-state index contributed by atoms with van der Waals surface area (Å²) in [5.74, 6) is 2.24. The Kier molecular flexibility index (Phi) is 7.22. The van der Waals surface area contributed by atoms with Crippen LogP contribution in [0.5, 0.6) is 11.5 Å². The molecule has 0 amide bonds. The Morgan fingerprint density at radius 3 is 2.57 bits per heavy atom. The number of hydrogen-bond acceptors (Lipinski definition) is 4. The van der Waals surface area contributed by atoms with Crippen molar-refractivity contribution in [1.82, 2.24) is 14.5 Å². The number of rotatable bonds is 10. The number of unbranched alkanes of at least 4 members (excludes halogenated alkanes) is 1. The molecule has 7 rings (SSSR count). The number of imidazole rings is 1. The summed E-state index contributed by atoms with van der Waals surface area (Å²) in [6.45, 7) is 5.58. The van der Waals surface area contributed by atoms with Gasteiger partial charge in [0.25, 0.3) is 0 Å². The van der Waals surface area contributed by atoms with Gasteiger partial charge < -0.3 is 14.0 Å². The highest BCUT2D eigenvalue weighted by molar-refractivity contribution is 5.79. The van der Waals surface area contributed by atoms with Gasteiger partial charge in [0.05, 0.1) is 11.9 Å². The molecule has 2 heterocycles. The molecule has 212 valence electrons. The third-order valence-corrected chi connectivity index (χ3v) is 8.30. The molecule has 0 spiro atoms. The number of hydrogen-bond donors (Lipinski definition) is 0. The average molecular weight is 560 g/mol. The Morgan fingerprint density at radius 1 is 0.857 bits per heavy atom. The summed E-state index contributed by atoms with van der Waals surface area (Å²) in [7, 11) is 0. The molecule has 1 aliphatic carbocycles. The first kappa shape index (κ1) is 26.5. The molecule has 6 heteroatoms. The van der Waals surface area contributed by atoms with Crippen molar-refractivity contribution >= 4 is 0 Å². The van der Waals surface area contributed by atoms with Gasteiger partial charge >= 0.3 is 0 Å². The monoisotopic (exact) mass is 559 g/mol. The molecule has 0 bridgehead atoms. The molecular formula is C36H34FN3O2. The van der Waals surface area contributed by atoms with E-state index >= 15 is 0 Å². The normalized spacial score (nSPS) is 13.0. The van der Waals surface area contributed by atoms with Gasteiger partial charge in [-0.15, -0.1) is 0 Å². The van der Waals surface area contributed by atoms with Gasteiger partial charge in [0.2, 0.25) is 6.79 Å². The second-order valence-corrected chi connectivity index (χ2v) is 11.2. The number of nitrogens with zero attached hydrogens (tertiary/aromatic N) is 3. The summed E-state index contributed by atoms with van der Waals surface area (Å²) >= 11 is 0. The maximum absolute atomic E-state index is 13.7. The predicted octanol–water partition coefficient (Wildman–Crippen LogP) is 7.99. The molecule has 0 saturated heterocycles. The van der Waals surface area contributed by atoms with E-state index in [4.69, 9.17) is 14.5 Å². The lowest BCUT2D eigenvalue weighted by atomic mass is 9.99. The third-order valence-electron chi connectivity index (χ3n) is 8.30. The number of aromatic nitrogens is 2. The molecular weight excluding hydrogens is 525 g/mol. The van der Waals surface area contributed by atoms with Crippen LogP contribution in [0.2, 0.25) is 0 Å². The first-order valence-electron chi connectivity index (χ1n) is 14.8. The summed E-state index contributed by atoms with van der Waals surface area (Å²) in [6.07, 6.45) is 5.09. The van der Waals surface area contributed by atoms with Crippen LogP contribution < -0.4 is 9.47 Å². The van der Waals surface area contributed by atoms with Crippen LogP contribution >= 0.6 is 0 Å². The highest BCUT2D eigenvalue weighted by Crippen LogP contribution is 2.40. The van der Waals surface area contributed by atoms with E-state index in [0.29, 0.717) is 0 Å². The first-order chi connectivity index (χ1) is 20.7. The van der Waals surface area contributed by atoms with Crippen molar-refractivity contribution < 1.29 is 13.9 Å². The SMILES string of the molecule is CCCCn1c(CN(Cc2ccc3c(c2)OCO3)Cc2cccc3c2-c2ccccc2C3)cnc1-c1ccc(F)cc1. The van der Waals surface area contributed by atoms with Crippen molar-refractivity contribution in [1.29, 1.82) is 0 Å². The van der Waals surface area contributed by atoms with Crippen LogP contribution in [0.1, 0.15) is 47.7 Å². The second-order valence-electron chi connectivity index (χ2n) is 11.2. The molecule has 0 N–H and O–H groups in total. The Morgan fingerprint density at radius 2 is 1.69 bits per heavy atom. The second kappa shape index (κ2) is 11.5. The molecule has 0 atom stereocenters. The molecule has 5 aromatic rings. The molecule has 42 heavy (non-hydrogen) atoms. The van der Waals surface area contributed by atoms with Gasteiger partial charge in [-0.25, -0.2) is 9.37 Å². The largest absolute Gasteiger partial charge is 0.454 e. The van der Waals surface area contributed by atoms with E-state index in [1.54, 1.807) is 0 Å². The first-order valence-corrected chi connectivity index (χ1v) is 14.8. The van der Waals surface area contributed by atoms with E-state index in [1.165, 1.54) is 45.5 Å². The summed E-state index contributed by atoms with van der Waals surface area (Å²) in [4.78, 5) is 7.34. The topological polar surface area (TPSA) is 39.5 Å². The lowest BCUT2D eigenvalue weighted by Crippen LogP contribution is -2.24. The van der Waals surface area contributed by atoms with Crippen LogP contribution in [-0.4, -0.2) is 21.2 Å². The Labute approximate surface area is 246 Å². The predicted molar refractivity (Wildman–Crippen MR) is 163 cm³/mol. The molecule has 1 aromatic heterocycles. The van der Waals surface area contributed by atoms with Crippen molar-refractivity contribution in [3.05, 3.63) is 125 Å². The van der Waals surface area contributed by atoms with E-state index in [-0.39, 0.29) is 12.6 Å². The highest BCUT2D eigenvalue weighted by atomic mass is 19.1. The number of fused-ring (bicyclic) bond motifs is 4. The van der Waals surface area contributed by atoms with Gasteiger partial charge in [-0.05, 0) is 82.6 Å². The summed E-state index contributed by atoms with van der Waals surface area (Å²) in [6, 6.07) is 28.4. The minimum absolute atomic E-state index is 0.238. The zero-order chi connectivity index (χ0) is 28.5. The van der Waals surface area contributed by atoms with Crippen molar-refractivity contribution in [2.24, 2.45) is 0 Å². The van der Waals surface area contributed by atoms with Crippen LogP contribution in [0, 0.1) is 5.82 Å². The molecule has 0 saturated carbocycles. The fourth-order valence-corrected chi connectivity index (χ4v) is 6.27. The van der Waals surface area contributed by atoms with E-state index < -0.39 is 0 Å². The van der Waals surface area contributed by atoms with E-state index in [2.05, 4.69) is 71.0 Å². The molecule has 0 fully saturated rings. The number of benzene rings is 4. The molecule has 0 radical (unpaired) electrons. The van der Waals surface area contributed by atoms with Crippen LogP contribution in [0.3, 0.4) is 0 Å². The molecule has 1 aliphatic heterocycles. The highest BCUT2D eigenvalue weighted by Gasteiger charge is 2.23. The third kappa shape index (κ3) is 5.19. The van der Waals surface area contributed by atoms with Crippen LogP contribution in [0.4, 0.5) is 4.39 Å². The summed E-state index contributed by atoms with van der Waals surface area (Å²) in [5, 5.41) is 0. The fraction of sp³-hybridized carbons (Fsp3) is 0.250. The van der Waals surface area contributed by atoms with Crippen molar-refractivity contribution in [3.63, 3.8) is 0 Å². The summed E-state index contributed by atoms with van der Waals surface area (Å²) in [5.41, 5.74) is 10.1. The quantitative estimate of drug-likeness (QED) is 0.171. The van der Waals surface area contributed by atoms with Gasteiger partial charge in [0.15, 0.2) is 11.5 Å². The Bertz CT molecular complexity index is 1730. The lowest BCUT2D eigenvalue weighted by Gasteiger charge is -2.25.